The second-order valence-corrected chi connectivity index (χ2v) is 4.95. The van der Waals surface area contributed by atoms with E-state index in [1.54, 1.807) is 6.92 Å². The highest BCUT2D eigenvalue weighted by Crippen LogP contribution is 2.15. The molecule has 0 atom stereocenters. The number of aryl methyl sites for hydroxylation is 1. The zero-order valence-electron chi connectivity index (χ0n) is 9.73. The first kappa shape index (κ1) is 13.4. The van der Waals surface area contributed by atoms with Gasteiger partial charge >= 0.3 is 0 Å². The molecule has 0 N–H and O–H groups in total. The van der Waals surface area contributed by atoms with Crippen molar-refractivity contribution in [2.45, 2.75) is 33.2 Å². The van der Waals surface area contributed by atoms with Gasteiger partial charge in [-0.3, -0.25) is 4.79 Å². The highest BCUT2D eigenvalue weighted by molar-refractivity contribution is 7.07. The maximum absolute atomic E-state index is 12.2. The molecule has 1 amide bonds. The predicted molar refractivity (Wildman–Crippen MR) is 66.2 cm³/mol. The van der Waals surface area contributed by atoms with Crippen LogP contribution in [0.4, 0.5) is 0 Å². The van der Waals surface area contributed by atoms with Crippen LogP contribution in [0.3, 0.4) is 0 Å². The summed E-state index contributed by atoms with van der Waals surface area (Å²) >= 11 is 6.80. The zero-order chi connectivity index (χ0) is 12.1. The molecule has 1 aromatic rings. The number of hydrogen-bond acceptors (Lipinski definition) is 4. The third-order valence-corrected chi connectivity index (χ3v) is 3.35. The van der Waals surface area contributed by atoms with Crippen molar-refractivity contribution in [3.8, 4) is 0 Å². The predicted octanol–water partition coefficient (Wildman–Crippen LogP) is 2.33. The molecular weight excluding hydrogens is 246 g/mol. The molecule has 1 heterocycles. The number of hydrogen-bond donors (Lipinski definition) is 0. The third-order valence-electron chi connectivity index (χ3n) is 2.26. The molecule has 0 saturated heterocycles. The topological polar surface area (TPSA) is 46.1 Å². The van der Waals surface area contributed by atoms with Gasteiger partial charge in [0.05, 0.1) is 5.69 Å². The van der Waals surface area contributed by atoms with Crippen LogP contribution in [0.25, 0.3) is 0 Å². The Morgan fingerprint density at radius 1 is 1.56 bits per heavy atom. The standard InChI is InChI=1S/C10H16ClN3OS/c1-7(2)14(6-4-5-11)10(15)9-8(3)12-13-16-9/h7H,4-6H2,1-3H3. The molecule has 1 rings (SSSR count). The fourth-order valence-electron chi connectivity index (χ4n) is 1.38. The van der Waals surface area contributed by atoms with Crippen molar-refractivity contribution in [2.75, 3.05) is 12.4 Å². The summed E-state index contributed by atoms with van der Waals surface area (Å²) in [5.74, 6) is 0.573. The molecule has 0 saturated carbocycles. The molecule has 0 aliphatic carbocycles. The molecule has 4 nitrogen and oxygen atoms in total. The monoisotopic (exact) mass is 261 g/mol. The van der Waals surface area contributed by atoms with Crippen LogP contribution in [-0.4, -0.2) is 38.9 Å². The van der Waals surface area contributed by atoms with E-state index in [1.807, 2.05) is 18.7 Å². The summed E-state index contributed by atoms with van der Waals surface area (Å²) in [6, 6.07) is 0.164. The van der Waals surface area contributed by atoms with Gasteiger partial charge in [0.2, 0.25) is 0 Å². The normalized spacial score (nSPS) is 10.8. The van der Waals surface area contributed by atoms with Crippen LogP contribution in [0.2, 0.25) is 0 Å². The Kier molecular flexibility index (Phi) is 5.15. The van der Waals surface area contributed by atoms with Gasteiger partial charge in [0.25, 0.3) is 5.91 Å². The molecule has 0 aromatic carbocycles. The van der Waals surface area contributed by atoms with Gasteiger partial charge in [0.1, 0.15) is 4.88 Å². The van der Waals surface area contributed by atoms with Crippen LogP contribution in [0.15, 0.2) is 0 Å². The quantitative estimate of drug-likeness (QED) is 0.765. The average Bonchev–Trinajstić information content (AvgIpc) is 2.64. The summed E-state index contributed by atoms with van der Waals surface area (Å²) in [4.78, 5) is 14.6. The van der Waals surface area contributed by atoms with Gasteiger partial charge in [-0.25, -0.2) is 0 Å². The van der Waals surface area contributed by atoms with Crippen LogP contribution in [-0.2, 0) is 0 Å². The summed E-state index contributed by atoms with van der Waals surface area (Å²) in [6.07, 6.45) is 0.802. The van der Waals surface area contributed by atoms with Crippen LogP contribution in [0.1, 0.15) is 35.6 Å². The molecular formula is C10H16ClN3OS. The number of amides is 1. The van der Waals surface area contributed by atoms with Crippen LogP contribution >= 0.6 is 23.1 Å². The molecule has 6 heteroatoms. The minimum atomic E-state index is 0.00705. The number of halogens is 1. The molecule has 0 radical (unpaired) electrons. The van der Waals surface area contributed by atoms with E-state index in [-0.39, 0.29) is 11.9 Å². The Labute approximate surface area is 105 Å². The lowest BCUT2D eigenvalue weighted by Crippen LogP contribution is -2.37. The van der Waals surface area contributed by atoms with Gasteiger partial charge in [-0.1, -0.05) is 4.49 Å². The minimum absolute atomic E-state index is 0.00705. The Balaban J connectivity index is 2.79. The van der Waals surface area contributed by atoms with Gasteiger partial charge in [-0.15, -0.1) is 16.7 Å². The number of aromatic nitrogens is 2. The summed E-state index contributed by atoms with van der Waals surface area (Å²) in [6.45, 7) is 6.47. The van der Waals surface area contributed by atoms with Crippen LogP contribution in [0.5, 0.6) is 0 Å². The highest BCUT2D eigenvalue weighted by atomic mass is 35.5. The van der Waals surface area contributed by atoms with Crippen molar-refractivity contribution in [1.82, 2.24) is 14.5 Å². The first-order chi connectivity index (χ1) is 7.57. The van der Waals surface area contributed by atoms with Gasteiger partial charge in [-0.05, 0) is 38.7 Å². The lowest BCUT2D eigenvalue weighted by atomic mass is 10.2. The Morgan fingerprint density at radius 2 is 2.25 bits per heavy atom. The van der Waals surface area contributed by atoms with Crippen LogP contribution < -0.4 is 0 Å². The van der Waals surface area contributed by atoms with E-state index in [4.69, 9.17) is 11.6 Å². The third kappa shape index (κ3) is 3.15. The van der Waals surface area contributed by atoms with Gasteiger partial charge < -0.3 is 4.90 Å². The van der Waals surface area contributed by atoms with Crippen molar-refractivity contribution >= 4 is 29.0 Å². The van der Waals surface area contributed by atoms with Crippen molar-refractivity contribution in [1.29, 1.82) is 0 Å². The summed E-state index contributed by atoms with van der Waals surface area (Å²) in [7, 11) is 0. The van der Waals surface area contributed by atoms with E-state index in [9.17, 15) is 4.79 Å². The van der Waals surface area contributed by atoms with E-state index < -0.39 is 0 Å². The largest absolute Gasteiger partial charge is 0.335 e. The smallest absolute Gasteiger partial charge is 0.267 e. The number of carbonyl (C=O) groups excluding carboxylic acids is 1. The maximum atomic E-state index is 12.2. The first-order valence-electron chi connectivity index (χ1n) is 5.23. The molecule has 0 fully saturated rings. The molecule has 0 spiro atoms. The summed E-state index contributed by atoms with van der Waals surface area (Å²) < 4.78 is 3.78. The zero-order valence-corrected chi connectivity index (χ0v) is 11.3. The van der Waals surface area contributed by atoms with E-state index in [0.29, 0.717) is 23.0 Å². The van der Waals surface area contributed by atoms with E-state index in [2.05, 4.69) is 9.59 Å². The minimum Gasteiger partial charge on any atom is -0.335 e. The van der Waals surface area contributed by atoms with Crippen LogP contribution in [0, 0.1) is 6.92 Å². The second-order valence-electron chi connectivity index (χ2n) is 3.82. The lowest BCUT2D eigenvalue weighted by molar-refractivity contribution is 0.0710. The molecule has 0 unspecified atom stereocenters. The molecule has 0 bridgehead atoms. The lowest BCUT2D eigenvalue weighted by Gasteiger charge is -2.25. The molecule has 0 aliphatic rings. The average molecular weight is 262 g/mol. The number of carbonyl (C=O) groups is 1. The summed E-state index contributed by atoms with van der Waals surface area (Å²) in [5.41, 5.74) is 0.700. The van der Waals surface area contributed by atoms with Gasteiger partial charge in [-0.2, -0.15) is 0 Å². The Bertz CT molecular complexity index is 354. The van der Waals surface area contributed by atoms with Crippen molar-refractivity contribution in [2.24, 2.45) is 0 Å². The fraction of sp³-hybridized carbons (Fsp3) is 0.700. The van der Waals surface area contributed by atoms with E-state index in [0.717, 1.165) is 18.0 Å². The SMILES string of the molecule is Cc1nnsc1C(=O)N(CCCCl)C(C)C. The van der Waals surface area contributed by atoms with Gasteiger partial charge in [0, 0.05) is 18.5 Å². The first-order valence-corrected chi connectivity index (χ1v) is 6.54. The summed E-state index contributed by atoms with van der Waals surface area (Å²) in [5, 5.41) is 3.85. The highest BCUT2D eigenvalue weighted by Gasteiger charge is 2.22. The van der Waals surface area contributed by atoms with Crippen molar-refractivity contribution in [3.05, 3.63) is 10.6 Å². The molecule has 0 aliphatic heterocycles. The van der Waals surface area contributed by atoms with Crippen molar-refractivity contribution < 1.29 is 4.79 Å². The van der Waals surface area contributed by atoms with E-state index >= 15 is 0 Å². The van der Waals surface area contributed by atoms with Gasteiger partial charge in [0.15, 0.2) is 0 Å². The number of rotatable bonds is 5. The fourth-order valence-corrected chi connectivity index (χ4v) is 2.12. The van der Waals surface area contributed by atoms with Crippen molar-refractivity contribution in [3.63, 3.8) is 0 Å². The number of alkyl halides is 1. The maximum Gasteiger partial charge on any atom is 0.267 e. The molecule has 16 heavy (non-hydrogen) atoms. The second kappa shape index (κ2) is 6.15. The molecule has 90 valence electrons. The molecule has 1 aromatic heterocycles. The Hall–Kier alpha value is -0.680. The Morgan fingerprint density at radius 3 is 2.69 bits per heavy atom. The number of nitrogens with zero attached hydrogens (tertiary/aromatic N) is 3. The van der Waals surface area contributed by atoms with E-state index in [1.165, 1.54) is 0 Å².